The van der Waals surface area contributed by atoms with Gasteiger partial charge in [0.2, 0.25) is 0 Å². The summed E-state index contributed by atoms with van der Waals surface area (Å²) < 4.78 is 0. The lowest BCUT2D eigenvalue weighted by molar-refractivity contribution is 0.0689. The summed E-state index contributed by atoms with van der Waals surface area (Å²) in [6.07, 6.45) is 0. The van der Waals surface area contributed by atoms with Gasteiger partial charge in [-0.25, -0.2) is 9.78 Å². The van der Waals surface area contributed by atoms with E-state index in [4.69, 9.17) is 5.11 Å². The standard InChI is InChI=1S/C16H18N2O3/c19-10-9-18(11-13-5-2-1-3-6-13)12-14-7-4-8-15(17-14)16(20)21/h1-8,19H,9-12H2,(H,20,21). The molecule has 0 atom stereocenters. The van der Waals surface area contributed by atoms with E-state index in [-0.39, 0.29) is 12.3 Å². The third-order valence-corrected chi connectivity index (χ3v) is 3.08. The molecule has 5 heteroatoms. The van der Waals surface area contributed by atoms with Crippen LogP contribution in [0.5, 0.6) is 0 Å². The van der Waals surface area contributed by atoms with E-state index in [9.17, 15) is 9.90 Å². The topological polar surface area (TPSA) is 73.7 Å². The second kappa shape index (κ2) is 7.52. The Morgan fingerprint density at radius 3 is 2.48 bits per heavy atom. The molecular weight excluding hydrogens is 268 g/mol. The number of aromatic nitrogens is 1. The van der Waals surface area contributed by atoms with Crippen LogP contribution in [-0.4, -0.2) is 39.2 Å². The Labute approximate surface area is 123 Å². The molecule has 0 bridgehead atoms. The van der Waals surface area contributed by atoms with Crippen molar-refractivity contribution < 1.29 is 15.0 Å². The monoisotopic (exact) mass is 286 g/mol. The van der Waals surface area contributed by atoms with Gasteiger partial charge in [0.1, 0.15) is 5.69 Å². The predicted octanol–water partition coefficient (Wildman–Crippen LogP) is 1.77. The number of carboxylic acids is 1. The maximum Gasteiger partial charge on any atom is 0.354 e. The third kappa shape index (κ3) is 4.66. The lowest BCUT2D eigenvalue weighted by Gasteiger charge is -2.21. The Morgan fingerprint density at radius 1 is 1.05 bits per heavy atom. The number of carbonyl (C=O) groups is 1. The first-order valence-corrected chi connectivity index (χ1v) is 6.75. The van der Waals surface area contributed by atoms with Crippen LogP contribution in [0.2, 0.25) is 0 Å². The van der Waals surface area contributed by atoms with Crippen LogP contribution in [0.4, 0.5) is 0 Å². The van der Waals surface area contributed by atoms with Crippen LogP contribution in [-0.2, 0) is 13.1 Å². The number of aliphatic hydroxyl groups is 1. The van der Waals surface area contributed by atoms with Gasteiger partial charge in [-0.05, 0) is 17.7 Å². The number of aromatic carboxylic acids is 1. The summed E-state index contributed by atoms with van der Waals surface area (Å²) >= 11 is 0. The minimum atomic E-state index is -1.03. The fourth-order valence-electron chi connectivity index (χ4n) is 2.11. The molecule has 110 valence electrons. The summed E-state index contributed by atoms with van der Waals surface area (Å²) in [6, 6.07) is 14.9. The van der Waals surface area contributed by atoms with E-state index in [1.807, 2.05) is 35.2 Å². The van der Waals surface area contributed by atoms with E-state index >= 15 is 0 Å². The minimum absolute atomic E-state index is 0.0381. The van der Waals surface area contributed by atoms with Gasteiger partial charge in [0.25, 0.3) is 0 Å². The lowest BCUT2D eigenvalue weighted by atomic mass is 10.2. The first-order chi connectivity index (χ1) is 10.2. The normalized spacial score (nSPS) is 10.8. The van der Waals surface area contributed by atoms with Crippen LogP contribution in [0, 0.1) is 0 Å². The summed E-state index contributed by atoms with van der Waals surface area (Å²) in [5, 5.41) is 18.1. The molecule has 0 fully saturated rings. The molecule has 0 spiro atoms. The van der Waals surface area contributed by atoms with Crippen LogP contribution in [0.25, 0.3) is 0 Å². The predicted molar refractivity (Wildman–Crippen MR) is 78.8 cm³/mol. The SMILES string of the molecule is O=C(O)c1cccc(CN(CCO)Cc2ccccc2)n1. The van der Waals surface area contributed by atoms with Gasteiger partial charge in [-0.15, -0.1) is 0 Å². The van der Waals surface area contributed by atoms with Crippen molar-refractivity contribution in [2.24, 2.45) is 0 Å². The van der Waals surface area contributed by atoms with Crippen LogP contribution in [0.1, 0.15) is 21.7 Å². The molecule has 1 aromatic carbocycles. The average molecular weight is 286 g/mol. The molecule has 2 aromatic rings. The number of aliphatic hydroxyl groups excluding tert-OH is 1. The molecule has 2 rings (SSSR count). The molecule has 0 aliphatic rings. The van der Waals surface area contributed by atoms with Crippen molar-refractivity contribution in [1.82, 2.24) is 9.88 Å². The molecule has 1 aromatic heterocycles. The van der Waals surface area contributed by atoms with Gasteiger partial charge in [-0.1, -0.05) is 36.4 Å². The van der Waals surface area contributed by atoms with Gasteiger partial charge in [0.05, 0.1) is 12.3 Å². The van der Waals surface area contributed by atoms with E-state index in [0.29, 0.717) is 25.3 Å². The highest BCUT2D eigenvalue weighted by Crippen LogP contribution is 2.09. The molecule has 0 saturated heterocycles. The summed E-state index contributed by atoms with van der Waals surface area (Å²) in [6.45, 7) is 1.73. The van der Waals surface area contributed by atoms with Crippen molar-refractivity contribution in [3.63, 3.8) is 0 Å². The van der Waals surface area contributed by atoms with E-state index in [0.717, 1.165) is 5.56 Å². The first kappa shape index (κ1) is 15.2. The summed E-state index contributed by atoms with van der Waals surface area (Å²) in [7, 11) is 0. The fourth-order valence-corrected chi connectivity index (χ4v) is 2.11. The fraction of sp³-hybridized carbons (Fsp3) is 0.250. The zero-order valence-corrected chi connectivity index (χ0v) is 11.6. The van der Waals surface area contributed by atoms with Crippen molar-refractivity contribution in [2.75, 3.05) is 13.2 Å². The highest BCUT2D eigenvalue weighted by atomic mass is 16.4. The zero-order valence-electron chi connectivity index (χ0n) is 11.6. The molecule has 0 aliphatic carbocycles. The summed E-state index contributed by atoms with van der Waals surface area (Å²) in [5.41, 5.74) is 1.86. The third-order valence-electron chi connectivity index (χ3n) is 3.08. The molecule has 21 heavy (non-hydrogen) atoms. The van der Waals surface area contributed by atoms with Gasteiger partial charge in [-0.2, -0.15) is 0 Å². The van der Waals surface area contributed by atoms with Crippen LogP contribution < -0.4 is 0 Å². The van der Waals surface area contributed by atoms with E-state index in [2.05, 4.69) is 4.98 Å². The number of pyridine rings is 1. The Hall–Kier alpha value is -2.24. The second-order valence-corrected chi connectivity index (χ2v) is 4.74. The van der Waals surface area contributed by atoms with Crippen molar-refractivity contribution in [3.05, 3.63) is 65.5 Å². The number of rotatable bonds is 7. The van der Waals surface area contributed by atoms with E-state index in [1.165, 1.54) is 6.07 Å². The van der Waals surface area contributed by atoms with Gasteiger partial charge in [0.15, 0.2) is 0 Å². The van der Waals surface area contributed by atoms with Gasteiger partial charge in [0, 0.05) is 19.6 Å². The smallest absolute Gasteiger partial charge is 0.354 e. The highest BCUT2D eigenvalue weighted by Gasteiger charge is 2.10. The zero-order chi connectivity index (χ0) is 15.1. The Kier molecular flexibility index (Phi) is 5.43. The number of carboxylic acid groups (broad SMARTS) is 1. The molecular formula is C16H18N2O3. The van der Waals surface area contributed by atoms with E-state index in [1.54, 1.807) is 12.1 Å². The molecule has 1 heterocycles. The number of nitrogens with zero attached hydrogens (tertiary/aromatic N) is 2. The summed E-state index contributed by atoms with van der Waals surface area (Å²) in [5.74, 6) is -1.03. The molecule has 0 aliphatic heterocycles. The van der Waals surface area contributed by atoms with Crippen molar-refractivity contribution in [2.45, 2.75) is 13.1 Å². The number of hydrogen-bond donors (Lipinski definition) is 2. The Morgan fingerprint density at radius 2 is 1.81 bits per heavy atom. The minimum Gasteiger partial charge on any atom is -0.477 e. The summed E-state index contributed by atoms with van der Waals surface area (Å²) in [4.78, 5) is 17.1. The number of benzene rings is 1. The van der Waals surface area contributed by atoms with Crippen molar-refractivity contribution in [1.29, 1.82) is 0 Å². The van der Waals surface area contributed by atoms with Crippen molar-refractivity contribution >= 4 is 5.97 Å². The maximum absolute atomic E-state index is 10.9. The molecule has 0 amide bonds. The first-order valence-electron chi connectivity index (χ1n) is 6.75. The highest BCUT2D eigenvalue weighted by molar-refractivity contribution is 5.85. The Balaban J connectivity index is 2.09. The van der Waals surface area contributed by atoms with Gasteiger partial charge >= 0.3 is 5.97 Å². The number of hydrogen-bond acceptors (Lipinski definition) is 4. The van der Waals surface area contributed by atoms with Crippen LogP contribution in [0.15, 0.2) is 48.5 Å². The van der Waals surface area contributed by atoms with E-state index < -0.39 is 5.97 Å². The maximum atomic E-state index is 10.9. The van der Waals surface area contributed by atoms with Crippen LogP contribution in [0.3, 0.4) is 0 Å². The molecule has 0 radical (unpaired) electrons. The molecule has 0 saturated carbocycles. The quantitative estimate of drug-likeness (QED) is 0.811. The molecule has 2 N–H and O–H groups in total. The molecule has 0 unspecified atom stereocenters. The molecule has 5 nitrogen and oxygen atoms in total. The second-order valence-electron chi connectivity index (χ2n) is 4.74. The lowest BCUT2D eigenvalue weighted by Crippen LogP contribution is -2.26. The average Bonchev–Trinajstić information content (AvgIpc) is 2.49. The van der Waals surface area contributed by atoms with Crippen molar-refractivity contribution in [3.8, 4) is 0 Å². The van der Waals surface area contributed by atoms with Gasteiger partial charge in [-0.3, -0.25) is 4.90 Å². The Bertz CT molecular complexity index is 587. The van der Waals surface area contributed by atoms with Crippen LogP contribution >= 0.6 is 0 Å². The largest absolute Gasteiger partial charge is 0.477 e. The van der Waals surface area contributed by atoms with Gasteiger partial charge < -0.3 is 10.2 Å².